The molecule has 4 N–H and O–H groups in total. The van der Waals surface area contributed by atoms with E-state index in [0.29, 0.717) is 40.4 Å². The predicted molar refractivity (Wildman–Crippen MR) is 134 cm³/mol. The number of pyridine rings is 1. The van der Waals surface area contributed by atoms with Crippen molar-refractivity contribution in [1.29, 1.82) is 0 Å². The van der Waals surface area contributed by atoms with E-state index in [0.717, 1.165) is 22.7 Å². The standard InChI is InChI=1S/C20H22IN7O5S/c1-32-20-17(28-34(2,30)31)5-12(7-23-20)11-3-14(15-9-24-25-16(15)4-11)19-27-26-18(33-19)10-22-8-13(29)6-21/h3-5,7,9,13,22,28-29H,6,8,10H2,1-2H3,(H,24,25). The highest BCUT2D eigenvalue weighted by molar-refractivity contribution is 14.1. The van der Waals surface area contributed by atoms with Crippen LogP contribution in [0.1, 0.15) is 5.89 Å². The number of fused-ring (bicyclic) bond motifs is 1. The number of anilines is 1. The van der Waals surface area contributed by atoms with E-state index in [4.69, 9.17) is 9.15 Å². The Labute approximate surface area is 208 Å². The van der Waals surface area contributed by atoms with Gasteiger partial charge in [0.1, 0.15) is 5.69 Å². The van der Waals surface area contributed by atoms with Crippen molar-refractivity contribution in [1.82, 2.24) is 30.7 Å². The minimum absolute atomic E-state index is 0.152. The summed E-state index contributed by atoms with van der Waals surface area (Å²) in [5.74, 6) is 0.831. The molecule has 0 saturated carbocycles. The van der Waals surface area contributed by atoms with E-state index in [1.54, 1.807) is 18.5 Å². The molecule has 34 heavy (non-hydrogen) atoms. The van der Waals surface area contributed by atoms with Gasteiger partial charge in [0, 0.05) is 28.1 Å². The SMILES string of the molecule is COc1ncc(-c2cc(-c3nnc(CNCC(O)CI)o3)c3cn[nH]c3c2)cc1NS(C)(=O)=O. The fraction of sp³-hybridized carbons (Fsp3) is 0.300. The first-order chi connectivity index (χ1) is 16.3. The number of aliphatic hydroxyl groups excluding tert-OH is 1. The van der Waals surface area contributed by atoms with Crippen LogP contribution in [0.25, 0.3) is 33.5 Å². The number of rotatable bonds is 10. The van der Waals surface area contributed by atoms with Gasteiger partial charge in [-0.25, -0.2) is 13.4 Å². The summed E-state index contributed by atoms with van der Waals surface area (Å²) >= 11 is 2.11. The number of ether oxygens (including phenoxy) is 1. The molecule has 1 atom stereocenters. The summed E-state index contributed by atoms with van der Waals surface area (Å²) in [6.07, 6.45) is 3.84. The molecule has 0 aliphatic heterocycles. The minimum Gasteiger partial charge on any atom is -0.480 e. The van der Waals surface area contributed by atoms with Crippen LogP contribution in [0.2, 0.25) is 0 Å². The Kier molecular flexibility index (Phi) is 7.30. The van der Waals surface area contributed by atoms with Crippen LogP contribution in [0.3, 0.4) is 0 Å². The number of sulfonamides is 1. The smallest absolute Gasteiger partial charge is 0.248 e. The number of aromatic nitrogens is 5. The van der Waals surface area contributed by atoms with Gasteiger partial charge in [-0.2, -0.15) is 5.10 Å². The van der Waals surface area contributed by atoms with Gasteiger partial charge in [-0.1, -0.05) is 22.6 Å². The Morgan fingerprint density at radius 2 is 2.06 bits per heavy atom. The summed E-state index contributed by atoms with van der Waals surface area (Å²) in [4.78, 5) is 4.23. The van der Waals surface area contributed by atoms with E-state index in [-0.39, 0.29) is 11.6 Å². The molecule has 4 rings (SSSR count). The highest BCUT2D eigenvalue weighted by Crippen LogP contribution is 2.35. The molecule has 0 amide bonds. The third-order valence-corrected chi connectivity index (χ3v) is 6.37. The second-order valence-electron chi connectivity index (χ2n) is 7.45. The zero-order chi connectivity index (χ0) is 24.3. The Bertz CT molecular complexity index is 1410. The lowest BCUT2D eigenvalue weighted by Crippen LogP contribution is -2.27. The molecule has 1 aromatic carbocycles. The summed E-state index contributed by atoms with van der Waals surface area (Å²) in [6.45, 7) is 0.730. The van der Waals surface area contributed by atoms with Gasteiger partial charge in [0.05, 0.1) is 43.3 Å². The summed E-state index contributed by atoms with van der Waals surface area (Å²) in [5.41, 5.74) is 2.96. The number of nitrogens with one attached hydrogen (secondary N) is 3. The van der Waals surface area contributed by atoms with Crippen LogP contribution in [0.4, 0.5) is 5.69 Å². The molecule has 1 unspecified atom stereocenters. The van der Waals surface area contributed by atoms with E-state index in [9.17, 15) is 13.5 Å². The third kappa shape index (κ3) is 5.63. The molecule has 0 radical (unpaired) electrons. The summed E-state index contributed by atoms with van der Waals surface area (Å²) in [6, 6.07) is 5.34. The summed E-state index contributed by atoms with van der Waals surface area (Å²) < 4.78 is 37.6. The molecule has 0 spiro atoms. The van der Waals surface area contributed by atoms with Gasteiger partial charge in [0.2, 0.25) is 27.7 Å². The van der Waals surface area contributed by atoms with E-state index in [1.165, 1.54) is 7.11 Å². The lowest BCUT2D eigenvalue weighted by atomic mass is 10.0. The number of alkyl halides is 1. The number of methoxy groups -OCH3 is 1. The maximum atomic E-state index is 11.8. The maximum Gasteiger partial charge on any atom is 0.248 e. The highest BCUT2D eigenvalue weighted by atomic mass is 127. The molecular formula is C20H22IN7O5S. The largest absolute Gasteiger partial charge is 0.480 e. The summed E-state index contributed by atoms with van der Waals surface area (Å²) in [7, 11) is -2.13. The molecule has 0 saturated heterocycles. The van der Waals surface area contributed by atoms with Gasteiger partial charge in [0.25, 0.3) is 0 Å². The van der Waals surface area contributed by atoms with Crippen LogP contribution in [-0.4, -0.2) is 69.3 Å². The number of nitrogens with zero attached hydrogens (tertiary/aromatic N) is 4. The number of hydrogen-bond acceptors (Lipinski definition) is 10. The molecule has 0 aliphatic carbocycles. The molecule has 0 aliphatic rings. The molecule has 0 bridgehead atoms. The van der Waals surface area contributed by atoms with Crippen LogP contribution >= 0.6 is 22.6 Å². The van der Waals surface area contributed by atoms with Crippen molar-refractivity contribution >= 4 is 49.2 Å². The monoisotopic (exact) mass is 599 g/mol. The van der Waals surface area contributed by atoms with Crippen LogP contribution in [0.15, 0.2) is 35.0 Å². The van der Waals surface area contributed by atoms with E-state index in [1.807, 2.05) is 12.1 Å². The topological polar surface area (TPSA) is 168 Å². The third-order valence-electron chi connectivity index (χ3n) is 4.76. The molecule has 3 aromatic heterocycles. The number of aliphatic hydroxyl groups is 1. The summed E-state index contributed by atoms with van der Waals surface area (Å²) in [5, 5.41) is 28.8. The second-order valence-corrected chi connectivity index (χ2v) is 10.1. The first kappa shape index (κ1) is 24.3. The van der Waals surface area contributed by atoms with Gasteiger partial charge in [-0.3, -0.25) is 9.82 Å². The Balaban J connectivity index is 1.70. The predicted octanol–water partition coefficient (Wildman–Crippen LogP) is 1.94. The van der Waals surface area contributed by atoms with Gasteiger partial charge < -0.3 is 19.6 Å². The van der Waals surface area contributed by atoms with E-state index < -0.39 is 16.1 Å². The zero-order valence-electron chi connectivity index (χ0n) is 18.2. The van der Waals surface area contributed by atoms with E-state index in [2.05, 4.69) is 58.0 Å². The molecule has 4 aromatic rings. The number of benzene rings is 1. The fourth-order valence-corrected chi connectivity index (χ4v) is 4.13. The molecule has 12 nitrogen and oxygen atoms in total. The van der Waals surface area contributed by atoms with Gasteiger partial charge >= 0.3 is 0 Å². The van der Waals surface area contributed by atoms with Crippen LogP contribution in [0, 0.1) is 0 Å². The van der Waals surface area contributed by atoms with Crippen molar-refractivity contribution in [3.8, 4) is 28.5 Å². The van der Waals surface area contributed by atoms with Gasteiger partial charge in [-0.05, 0) is 23.8 Å². The first-order valence-electron chi connectivity index (χ1n) is 10.0. The number of hydrogen-bond donors (Lipinski definition) is 4. The average molecular weight is 599 g/mol. The quantitative estimate of drug-likeness (QED) is 0.156. The molecule has 0 fully saturated rings. The van der Waals surface area contributed by atoms with Gasteiger partial charge in [-0.15, -0.1) is 10.2 Å². The fourth-order valence-electron chi connectivity index (χ4n) is 3.27. The van der Waals surface area contributed by atoms with Crippen LogP contribution in [-0.2, 0) is 16.6 Å². The Morgan fingerprint density at radius 1 is 1.24 bits per heavy atom. The molecule has 3 heterocycles. The molecule has 180 valence electrons. The normalized spacial score (nSPS) is 12.7. The maximum absolute atomic E-state index is 11.8. The highest BCUT2D eigenvalue weighted by Gasteiger charge is 2.17. The minimum atomic E-state index is -3.54. The van der Waals surface area contributed by atoms with Crippen molar-refractivity contribution < 1.29 is 22.7 Å². The lowest BCUT2D eigenvalue weighted by molar-refractivity contribution is 0.197. The average Bonchev–Trinajstić information content (AvgIpc) is 3.46. The van der Waals surface area contributed by atoms with Crippen LogP contribution < -0.4 is 14.8 Å². The number of aromatic amines is 1. The molecular weight excluding hydrogens is 577 g/mol. The zero-order valence-corrected chi connectivity index (χ0v) is 21.2. The number of halogens is 1. The van der Waals surface area contributed by atoms with Gasteiger partial charge in [0.15, 0.2) is 0 Å². The first-order valence-corrected chi connectivity index (χ1v) is 13.5. The van der Waals surface area contributed by atoms with Crippen molar-refractivity contribution in [2.75, 3.05) is 29.1 Å². The second kappa shape index (κ2) is 10.2. The van der Waals surface area contributed by atoms with E-state index >= 15 is 0 Å². The van der Waals surface area contributed by atoms with Crippen molar-refractivity contribution in [3.63, 3.8) is 0 Å². The van der Waals surface area contributed by atoms with Crippen molar-refractivity contribution in [3.05, 3.63) is 36.5 Å². The lowest BCUT2D eigenvalue weighted by Gasteiger charge is -2.11. The number of H-pyrrole nitrogens is 1. The van der Waals surface area contributed by atoms with Crippen molar-refractivity contribution in [2.45, 2.75) is 12.6 Å². The van der Waals surface area contributed by atoms with Crippen molar-refractivity contribution in [2.24, 2.45) is 0 Å². The van der Waals surface area contributed by atoms with Crippen LogP contribution in [0.5, 0.6) is 5.88 Å². The molecule has 14 heteroatoms. The Morgan fingerprint density at radius 3 is 2.79 bits per heavy atom. The Hall–Kier alpha value is -2.82.